The summed E-state index contributed by atoms with van der Waals surface area (Å²) >= 11 is 8.91. The second-order valence-corrected chi connectivity index (χ2v) is 5.24. The zero-order valence-corrected chi connectivity index (χ0v) is 12.6. The minimum Gasteiger partial charge on any atom is -0.394 e. The fourth-order valence-corrected chi connectivity index (χ4v) is 2.22. The number of nitrogens with two attached hydrogens (primary N) is 1. The van der Waals surface area contributed by atoms with Crippen LogP contribution in [0.2, 0.25) is 5.28 Å². The van der Waals surface area contributed by atoms with Crippen LogP contribution in [-0.2, 0) is 0 Å². The highest BCUT2D eigenvalue weighted by Crippen LogP contribution is 2.29. The summed E-state index contributed by atoms with van der Waals surface area (Å²) in [5.74, 6) is -0.00845. The van der Waals surface area contributed by atoms with Crippen molar-refractivity contribution in [3.8, 4) is 0 Å². The first kappa shape index (κ1) is 14.0. The Hall–Kier alpha value is -1.40. The van der Waals surface area contributed by atoms with E-state index in [-0.39, 0.29) is 11.1 Å². The van der Waals surface area contributed by atoms with Crippen LogP contribution >= 0.6 is 27.5 Å². The number of halogens is 3. The molecule has 19 heavy (non-hydrogen) atoms. The molecule has 1 aromatic heterocycles. The third kappa shape index (κ3) is 2.96. The lowest BCUT2D eigenvalue weighted by molar-refractivity contribution is 0.621. The maximum absolute atomic E-state index is 13.5. The molecule has 0 aliphatic rings. The molecule has 0 saturated carbocycles. The van der Waals surface area contributed by atoms with Crippen LogP contribution in [0, 0.1) is 19.7 Å². The van der Waals surface area contributed by atoms with Gasteiger partial charge >= 0.3 is 0 Å². The molecule has 0 fully saturated rings. The summed E-state index contributed by atoms with van der Waals surface area (Å²) in [6, 6.07) is 3.04. The van der Waals surface area contributed by atoms with Crippen molar-refractivity contribution in [1.29, 1.82) is 0 Å². The smallest absolute Gasteiger partial charge is 0.224 e. The first-order valence-electron chi connectivity index (χ1n) is 5.40. The average Bonchev–Trinajstić information content (AvgIpc) is 2.32. The van der Waals surface area contributed by atoms with E-state index in [0.29, 0.717) is 27.4 Å². The minimum atomic E-state index is -0.372. The van der Waals surface area contributed by atoms with Crippen LogP contribution in [0.15, 0.2) is 16.6 Å². The molecule has 0 bridgehead atoms. The largest absolute Gasteiger partial charge is 0.394 e. The zero-order chi connectivity index (χ0) is 14.2. The summed E-state index contributed by atoms with van der Waals surface area (Å²) in [6.07, 6.45) is 0. The van der Waals surface area contributed by atoms with Crippen LogP contribution in [0.5, 0.6) is 0 Å². The van der Waals surface area contributed by atoms with Gasteiger partial charge in [-0.1, -0.05) is 0 Å². The Bertz CT molecular complexity index is 648. The Morgan fingerprint density at radius 3 is 2.68 bits per heavy atom. The number of hydrogen-bond donors (Lipinski definition) is 2. The van der Waals surface area contributed by atoms with Gasteiger partial charge in [-0.2, -0.15) is 4.98 Å². The van der Waals surface area contributed by atoms with E-state index in [1.54, 1.807) is 13.0 Å². The molecule has 1 aromatic carbocycles. The predicted octanol–water partition coefficient (Wildman–Crippen LogP) is 3.97. The second kappa shape index (κ2) is 5.30. The van der Waals surface area contributed by atoms with Crippen LogP contribution < -0.4 is 11.1 Å². The Balaban J connectivity index is 2.44. The number of anilines is 3. The number of nitrogens with zero attached hydrogens (tertiary/aromatic N) is 2. The number of hydrogen-bond acceptors (Lipinski definition) is 4. The van der Waals surface area contributed by atoms with Gasteiger partial charge in [-0.3, -0.25) is 0 Å². The van der Waals surface area contributed by atoms with E-state index in [0.717, 1.165) is 5.56 Å². The van der Waals surface area contributed by atoms with Crippen LogP contribution in [0.4, 0.5) is 21.6 Å². The SMILES string of the molecule is Cc1cc(Br)c(F)cc1Nc1nc(Cl)nc(C)c1N. The number of aromatic nitrogens is 2. The summed E-state index contributed by atoms with van der Waals surface area (Å²) in [5, 5.41) is 3.06. The molecular weight excluding hydrogens is 335 g/mol. The van der Waals surface area contributed by atoms with E-state index < -0.39 is 0 Å². The van der Waals surface area contributed by atoms with Crippen LogP contribution in [-0.4, -0.2) is 9.97 Å². The lowest BCUT2D eigenvalue weighted by Crippen LogP contribution is -2.05. The first-order chi connectivity index (χ1) is 8.88. The van der Waals surface area contributed by atoms with Gasteiger partial charge in [0.1, 0.15) is 5.82 Å². The van der Waals surface area contributed by atoms with Gasteiger partial charge in [-0.05, 0) is 59.1 Å². The molecule has 0 unspecified atom stereocenters. The van der Waals surface area contributed by atoms with Crippen molar-refractivity contribution in [2.75, 3.05) is 11.1 Å². The molecule has 2 aromatic rings. The molecule has 1 heterocycles. The van der Waals surface area contributed by atoms with E-state index in [2.05, 4.69) is 31.2 Å². The van der Waals surface area contributed by atoms with Gasteiger partial charge < -0.3 is 11.1 Å². The van der Waals surface area contributed by atoms with Gasteiger partial charge in [0.15, 0.2) is 5.82 Å². The molecule has 0 atom stereocenters. The second-order valence-electron chi connectivity index (χ2n) is 4.05. The third-order valence-corrected chi connectivity index (χ3v) is 3.41. The predicted molar refractivity (Wildman–Crippen MR) is 78.3 cm³/mol. The van der Waals surface area contributed by atoms with Crippen molar-refractivity contribution in [2.24, 2.45) is 0 Å². The molecule has 0 aliphatic carbocycles. The van der Waals surface area contributed by atoms with E-state index in [9.17, 15) is 4.39 Å². The number of benzene rings is 1. The van der Waals surface area contributed by atoms with E-state index in [1.807, 2.05) is 6.92 Å². The summed E-state index contributed by atoms with van der Waals surface area (Å²) in [5.41, 5.74) is 8.24. The van der Waals surface area contributed by atoms with Crippen molar-refractivity contribution < 1.29 is 4.39 Å². The topological polar surface area (TPSA) is 63.8 Å². The molecule has 0 radical (unpaired) electrons. The average molecular weight is 346 g/mol. The molecule has 100 valence electrons. The van der Waals surface area contributed by atoms with Crippen molar-refractivity contribution in [1.82, 2.24) is 9.97 Å². The fraction of sp³-hybridized carbons (Fsp3) is 0.167. The summed E-state index contributed by atoms with van der Waals surface area (Å²) < 4.78 is 13.9. The molecule has 2 rings (SSSR count). The molecule has 3 N–H and O–H groups in total. The molecule has 0 spiro atoms. The van der Waals surface area contributed by atoms with Gasteiger partial charge in [0.25, 0.3) is 0 Å². The standard InChI is InChI=1S/C12H11BrClFN4/c1-5-3-7(13)8(15)4-9(5)18-11-10(16)6(2)17-12(14)19-11/h3-4H,16H2,1-2H3,(H,17,18,19). The quantitative estimate of drug-likeness (QED) is 0.808. The Kier molecular flexibility index (Phi) is 3.91. The zero-order valence-electron chi connectivity index (χ0n) is 10.3. The Labute approximate surface area is 123 Å². The summed E-state index contributed by atoms with van der Waals surface area (Å²) in [4.78, 5) is 7.94. The van der Waals surface area contributed by atoms with E-state index in [1.165, 1.54) is 6.07 Å². The number of aryl methyl sites for hydroxylation is 2. The van der Waals surface area contributed by atoms with Gasteiger partial charge in [0, 0.05) is 5.69 Å². The lowest BCUT2D eigenvalue weighted by Gasteiger charge is -2.12. The van der Waals surface area contributed by atoms with Crippen LogP contribution in [0.1, 0.15) is 11.3 Å². The Morgan fingerprint density at radius 1 is 1.32 bits per heavy atom. The third-order valence-electron chi connectivity index (χ3n) is 2.63. The molecule has 7 heteroatoms. The van der Waals surface area contributed by atoms with Gasteiger partial charge in [0.05, 0.1) is 15.9 Å². The van der Waals surface area contributed by atoms with Gasteiger partial charge in [0.2, 0.25) is 5.28 Å². The summed E-state index contributed by atoms with van der Waals surface area (Å²) in [6.45, 7) is 3.57. The molecular formula is C12H11BrClFN4. The molecule has 4 nitrogen and oxygen atoms in total. The minimum absolute atomic E-state index is 0.0874. The highest BCUT2D eigenvalue weighted by Gasteiger charge is 2.11. The number of rotatable bonds is 2. The van der Waals surface area contributed by atoms with Crippen LogP contribution in [0.25, 0.3) is 0 Å². The maximum atomic E-state index is 13.5. The van der Waals surface area contributed by atoms with E-state index in [4.69, 9.17) is 17.3 Å². The van der Waals surface area contributed by atoms with Crippen molar-refractivity contribution >= 4 is 44.7 Å². The van der Waals surface area contributed by atoms with Crippen molar-refractivity contribution in [3.63, 3.8) is 0 Å². The monoisotopic (exact) mass is 344 g/mol. The fourth-order valence-electron chi connectivity index (χ4n) is 1.55. The normalized spacial score (nSPS) is 10.6. The van der Waals surface area contributed by atoms with Crippen molar-refractivity contribution in [2.45, 2.75) is 13.8 Å². The molecule has 0 amide bonds. The maximum Gasteiger partial charge on any atom is 0.224 e. The van der Waals surface area contributed by atoms with Crippen molar-refractivity contribution in [3.05, 3.63) is 39.0 Å². The summed E-state index contributed by atoms with van der Waals surface area (Å²) in [7, 11) is 0. The van der Waals surface area contributed by atoms with E-state index >= 15 is 0 Å². The molecule has 0 aliphatic heterocycles. The Morgan fingerprint density at radius 2 is 2.00 bits per heavy atom. The number of nitrogens with one attached hydrogen (secondary N) is 1. The van der Waals surface area contributed by atoms with Gasteiger partial charge in [-0.15, -0.1) is 0 Å². The molecule has 0 saturated heterocycles. The number of nitrogen functional groups attached to an aromatic ring is 1. The van der Waals surface area contributed by atoms with Crippen LogP contribution in [0.3, 0.4) is 0 Å². The highest BCUT2D eigenvalue weighted by molar-refractivity contribution is 9.10. The van der Waals surface area contributed by atoms with Gasteiger partial charge in [-0.25, -0.2) is 9.37 Å². The highest BCUT2D eigenvalue weighted by atomic mass is 79.9. The lowest BCUT2D eigenvalue weighted by atomic mass is 10.2. The first-order valence-corrected chi connectivity index (χ1v) is 6.58.